The van der Waals surface area contributed by atoms with Crippen molar-refractivity contribution in [1.82, 2.24) is 4.90 Å². The SMILES string of the molecule is CCCC(CS)(CCC)CN1CCCc2ccccc2C1. The van der Waals surface area contributed by atoms with Crippen LogP contribution >= 0.6 is 12.6 Å². The van der Waals surface area contributed by atoms with Gasteiger partial charge in [-0.2, -0.15) is 12.6 Å². The lowest BCUT2D eigenvalue weighted by atomic mass is 9.80. The second-order valence-corrected chi connectivity index (χ2v) is 7.06. The van der Waals surface area contributed by atoms with Crippen LogP contribution in [0.3, 0.4) is 0 Å². The van der Waals surface area contributed by atoms with Crippen LogP contribution in [0.1, 0.15) is 57.1 Å². The maximum Gasteiger partial charge on any atom is 0.0236 e. The first-order chi connectivity index (χ1) is 10.2. The predicted molar refractivity (Wildman–Crippen MR) is 96.1 cm³/mol. The lowest BCUT2D eigenvalue weighted by Gasteiger charge is -2.37. The molecule has 0 amide bonds. The molecule has 1 aromatic rings. The Balaban J connectivity index is 2.10. The molecule has 0 bridgehead atoms. The summed E-state index contributed by atoms with van der Waals surface area (Å²) in [6.07, 6.45) is 7.68. The van der Waals surface area contributed by atoms with E-state index in [0.29, 0.717) is 5.41 Å². The molecule has 2 rings (SSSR count). The fraction of sp³-hybridized carbons (Fsp3) is 0.684. The molecule has 0 spiro atoms. The van der Waals surface area contributed by atoms with Crippen LogP contribution < -0.4 is 0 Å². The topological polar surface area (TPSA) is 3.24 Å². The number of rotatable bonds is 7. The minimum atomic E-state index is 0.409. The zero-order chi connectivity index (χ0) is 15.1. The summed E-state index contributed by atoms with van der Waals surface area (Å²) >= 11 is 4.72. The number of aryl methyl sites for hydroxylation is 1. The molecule has 0 radical (unpaired) electrons. The summed E-state index contributed by atoms with van der Waals surface area (Å²) < 4.78 is 0. The predicted octanol–water partition coefficient (Wildman–Crippen LogP) is 4.95. The van der Waals surface area contributed by atoms with E-state index < -0.39 is 0 Å². The average molecular weight is 306 g/mol. The summed E-state index contributed by atoms with van der Waals surface area (Å²) in [5, 5.41) is 0. The standard InChI is InChI=1S/C19H31NS/c1-3-11-19(16-21,12-4-2)15-20-13-7-10-17-8-5-6-9-18(17)14-20/h5-6,8-9,21H,3-4,7,10-16H2,1-2H3. The first kappa shape index (κ1) is 16.9. The molecule has 0 unspecified atom stereocenters. The second-order valence-electron chi connectivity index (χ2n) is 6.74. The molecular formula is C19H31NS. The van der Waals surface area contributed by atoms with Crippen molar-refractivity contribution < 1.29 is 0 Å². The van der Waals surface area contributed by atoms with E-state index in [-0.39, 0.29) is 0 Å². The number of benzene rings is 1. The Kier molecular flexibility index (Phi) is 6.63. The van der Waals surface area contributed by atoms with E-state index in [4.69, 9.17) is 12.6 Å². The molecule has 118 valence electrons. The van der Waals surface area contributed by atoms with Gasteiger partial charge in [0.2, 0.25) is 0 Å². The summed E-state index contributed by atoms with van der Waals surface area (Å²) in [6, 6.07) is 8.99. The minimum absolute atomic E-state index is 0.409. The van der Waals surface area contributed by atoms with E-state index in [2.05, 4.69) is 43.0 Å². The minimum Gasteiger partial charge on any atom is -0.298 e. The summed E-state index contributed by atoms with van der Waals surface area (Å²) in [7, 11) is 0. The van der Waals surface area contributed by atoms with Crippen molar-refractivity contribution in [2.75, 3.05) is 18.8 Å². The van der Waals surface area contributed by atoms with Crippen molar-refractivity contribution in [3.63, 3.8) is 0 Å². The fourth-order valence-corrected chi connectivity index (χ4v) is 4.35. The van der Waals surface area contributed by atoms with Crippen molar-refractivity contribution in [3.8, 4) is 0 Å². The van der Waals surface area contributed by atoms with Crippen LogP contribution in [0, 0.1) is 5.41 Å². The van der Waals surface area contributed by atoms with Gasteiger partial charge in [0.15, 0.2) is 0 Å². The van der Waals surface area contributed by atoms with Crippen molar-refractivity contribution >= 4 is 12.6 Å². The van der Waals surface area contributed by atoms with Crippen LogP contribution in [-0.4, -0.2) is 23.7 Å². The highest BCUT2D eigenvalue weighted by Crippen LogP contribution is 2.33. The summed E-state index contributed by atoms with van der Waals surface area (Å²) in [6.45, 7) is 8.19. The highest BCUT2D eigenvalue weighted by Gasteiger charge is 2.30. The Bertz CT molecular complexity index is 423. The Hall–Kier alpha value is -0.470. The van der Waals surface area contributed by atoms with Crippen LogP contribution in [0.4, 0.5) is 0 Å². The molecule has 21 heavy (non-hydrogen) atoms. The van der Waals surface area contributed by atoms with Crippen molar-refractivity contribution in [3.05, 3.63) is 35.4 Å². The molecule has 0 aliphatic carbocycles. The van der Waals surface area contributed by atoms with Gasteiger partial charge in [-0.25, -0.2) is 0 Å². The van der Waals surface area contributed by atoms with Crippen LogP contribution in [0.5, 0.6) is 0 Å². The molecule has 1 aliphatic heterocycles. The number of nitrogens with zero attached hydrogens (tertiary/aromatic N) is 1. The fourth-order valence-electron chi connectivity index (χ4n) is 3.93. The number of hydrogen-bond acceptors (Lipinski definition) is 2. The van der Waals surface area contributed by atoms with Crippen LogP contribution in [0.15, 0.2) is 24.3 Å². The molecule has 0 N–H and O–H groups in total. The summed E-state index contributed by atoms with van der Waals surface area (Å²) in [4.78, 5) is 2.69. The first-order valence-corrected chi connectivity index (χ1v) is 9.26. The van der Waals surface area contributed by atoms with Crippen molar-refractivity contribution in [2.45, 2.75) is 58.9 Å². The van der Waals surface area contributed by atoms with Gasteiger partial charge in [-0.3, -0.25) is 4.90 Å². The Morgan fingerprint density at radius 3 is 2.38 bits per heavy atom. The third-order valence-corrected chi connectivity index (χ3v) is 5.56. The Labute approximate surface area is 136 Å². The average Bonchev–Trinajstić information content (AvgIpc) is 2.69. The maximum absolute atomic E-state index is 4.72. The van der Waals surface area contributed by atoms with Crippen LogP contribution in [0.25, 0.3) is 0 Å². The number of fused-ring (bicyclic) bond motifs is 1. The van der Waals surface area contributed by atoms with Gasteiger partial charge < -0.3 is 0 Å². The molecule has 2 heteroatoms. The highest BCUT2D eigenvalue weighted by atomic mass is 32.1. The molecule has 1 nitrogen and oxygen atoms in total. The zero-order valence-corrected chi connectivity index (χ0v) is 14.7. The number of thiol groups is 1. The third-order valence-electron chi connectivity index (χ3n) is 4.89. The molecule has 1 aromatic carbocycles. The summed E-state index contributed by atoms with van der Waals surface area (Å²) in [5.74, 6) is 1.02. The molecule has 0 saturated carbocycles. The zero-order valence-electron chi connectivity index (χ0n) is 13.8. The lowest BCUT2D eigenvalue weighted by molar-refractivity contribution is 0.142. The van der Waals surface area contributed by atoms with Crippen molar-refractivity contribution in [1.29, 1.82) is 0 Å². The molecule has 0 aromatic heterocycles. The van der Waals surface area contributed by atoms with Gasteiger partial charge >= 0.3 is 0 Å². The van der Waals surface area contributed by atoms with E-state index in [9.17, 15) is 0 Å². The first-order valence-electron chi connectivity index (χ1n) is 8.63. The van der Waals surface area contributed by atoms with E-state index in [1.54, 1.807) is 5.56 Å². The molecule has 1 heterocycles. The van der Waals surface area contributed by atoms with E-state index in [0.717, 1.165) is 12.3 Å². The monoisotopic (exact) mass is 305 g/mol. The van der Waals surface area contributed by atoms with Gasteiger partial charge in [0.05, 0.1) is 0 Å². The highest BCUT2D eigenvalue weighted by molar-refractivity contribution is 7.80. The Morgan fingerprint density at radius 1 is 1.10 bits per heavy atom. The molecule has 0 saturated heterocycles. The summed E-state index contributed by atoms with van der Waals surface area (Å²) in [5.41, 5.74) is 3.50. The van der Waals surface area contributed by atoms with Gasteiger partial charge in [-0.15, -0.1) is 0 Å². The van der Waals surface area contributed by atoms with Gasteiger partial charge in [0, 0.05) is 13.1 Å². The molecule has 0 fully saturated rings. The maximum atomic E-state index is 4.72. The van der Waals surface area contributed by atoms with Gasteiger partial charge in [0.25, 0.3) is 0 Å². The Morgan fingerprint density at radius 2 is 1.76 bits per heavy atom. The molecule has 1 aliphatic rings. The normalized spacial score (nSPS) is 16.5. The molecular weight excluding hydrogens is 274 g/mol. The smallest absolute Gasteiger partial charge is 0.0236 e. The quantitative estimate of drug-likeness (QED) is 0.697. The lowest BCUT2D eigenvalue weighted by Crippen LogP contribution is -2.39. The second kappa shape index (κ2) is 8.24. The van der Waals surface area contributed by atoms with Crippen molar-refractivity contribution in [2.24, 2.45) is 5.41 Å². The van der Waals surface area contributed by atoms with Crippen LogP contribution in [0.2, 0.25) is 0 Å². The van der Waals surface area contributed by atoms with E-state index in [1.807, 2.05) is 0 Å². The van der Waals surface area contributed by atoms with E-state index in [1.165, 1.54) is 57.2 Å². The van der Waals surface area contributed by atoms with Gasteiger partial charge in [-0.05, 0) is 54.5 Å². The van der Waals surface area contributed by atoms with Gasteiger partial charge in [0.1, 0.15) is 0 Å². The van der Waals surface area contributed by atoms with Crippen LogP contribution in [-0.2, 0) is 13.0 Å². The third kappa shape index (κ3) is 4.50. The molecule has 0 atom stereocenters. The largest absolute Gasteiger partial charge is 0.298 e. The number of hydrogen-bond donors (Lipinski definition) is 1. The van der Waals surface area contributed by atoms with E-state index >= 15 is 0 Å². The van der Waals surface area contributed by atoms with Gasteiger partial charge in [-0.1, -0.05) is 51.0 Å².